The number of nitrogens with zero attached hydrogens (tertiary/aromatic N) is 3. The monoisotopic (exact) mass is 320 g/mol. The molecule has 1 fully saturated rings. The van der Waals surface area contributed by atoms with E-state index in [1.807, 2.05) is 53.6 Å². The molecule has 3 heterocycles. The molecule has 2 aromatic heterocycles. The molecule has 0 saturated carbocycles. The fraction of sp³-hybridized carbons (Fsp3) is 0.263. The zero-order valence-corrected chi connectivity index (χ0v) is 13.4. The quantitative estimate of drug-likeness (QED) is 0.743. The van der Waals surface area contributed by atoms with Crippen LogP contribution in [-0.2, 0) is 4.74 Å². The Labute approximate surface area is 141 Å². The van der Waals surface area contributed by atoms with Crippen molar-refractivity contribution in [2.45, 2.75) is 25.5 Å². The zero-order chi connectivity index (χ0) is 16.4. The first-order valence-corrected chi connectivity index (χ1v) is 8.28. The number of hydrogen-bond donors (Lipinski definition) is 1. The molecule has 24 heavy (non-hydrogen) atoms. The average Bonchev–Trinajstić information content (AvgIpc) is 3.13. The minimum absolute atomic E-state index is 0.0570. The molecule has 0 bridgehead atoms. The number of nitrogens with two attached hydrogens (primary N) is 1. The molecule has 1 aromatic carbocycles. The topological polar surface area (TPSA) is 66.0 Å². The number of aromatic nitrogens is 3. The van der Waals surface area contributed by atoms with Crippen LogP contribution in [0, 0.1) is 0 Å². The molecule has 3 aromatic rings. The Morgan fingerprint density at radius 3 is 2.50 bits per heavy atom. The van der Waals surface area contributed by atoms with Gasteiger partial charge in [0, 0.05) is 35.8 Å². The fourth-order valence-electron chi connectivity index (χ4n) is 2.97. The van der Waals surface area contributed by atoms with Crippen molar-refractivity contribution in [3.63, 3.8) is 0 Å². The van der Waals surface area contributed by atoms with Crippen LogP contribution >= 0.6 is 0 Å². The number of benzene rings is 1. The molecule has 0 unspecified atom stereocenters. The lowest BCUT2D eigenvalue weighted by atomic mass is 10.1. The number of hydrogen-bond acceptors (Lipinski definition) is 4. The number of ether oxygens (including phenoxy) is 1. The number of anilines is 1. The third kappa shape index (κ3) is 3.03. The van der Waals surface area contributed by atoms with Crippen molar-refractivity contribution in [2.75, 3.05) is 12.3 Å². The van der Waals surface area contributed by atoms with Gasteiger partial charge >= 0.3 is 0 Å². The largest absolute Gasteiger partial charge is 0.399 e. The summed E-state index contributed by atoms with van der Waals surface area (Å²) in [6.07, 6.45) is 9.15. The standard InChI is InChI=1S/C19H20N4O/c20-17-7-4-14(5-8-17)15-6-9-18(21-11-15)16-12-22-23(13-16)19-3-1-2-10-24-19/h4-9,11-13,19H,1-3,10,20H2/t19-/m0/s1. The van der Waals surface area contributed by atoms with E-state index < -0.39 is 0 Å². The molecular formula is C19H20N4O. The first-order valence-electron chi connectivity index (χ1n) is 8.28. The number of pyridine rings is 1. The van der Waals surface area contributed by atoms with Crippen molar-refractivity contribution in [1.82, 2.24) is 14.8 Å². The van der Waals surface area contributed by atoms with Gasteiger partial charge in [0.1, 0.15) is 6.23 Å². The molecule has 0 radical (unpaired) electrons. The first-order chi connectivity index (χ1) is 11.8. The Kier molecular flexibility index (Phi) is 4.01. The SMILES string of the molecule is Nc1ccc(-c2ccc(-c3cnn([C@@H]4CCCCO4)c3)nc2)cc1. The summed E-state index contributed by atoms with van der Waals surface area (Å²) in [5.74, 6) is 0. The van der Waals surface area contributed by atoms with Gasteiger partial charge in [0.25, 0.3) is 0 Å². The maximum absolute atomic E-state index is 5.77. The highest BCUT2D eigenvalue weighted by Crippen LogP contribution is 2.26. The van der Waals surface area contributed by atoms with Crippen LogP contribution in [0.5, 0.6) is 0 Å². The maximum atomic E-state index is 5.77. The molecule has 1 aliphatic heterocycles. The van der Waals surface area contributed by atoms with Crippen molar-refractivity contribution in [2.24, 2.45) is 0 Å². The van der Waals surface area contributed by atoms with Crippen LogP contribution in [0.25, 0.3) is 22.4 Å². The van der Waals surface area contributed by atoms with E-state index in [1.165, 1.54) is 6.42 Å². The molecule has 5 heteroatoms. The Morgan fingerprint density at radius 1 is 0.958 bits per heavy atom. The second kappa shape index (κ2) is 6.45. The van der Waals surface area contributed by atoms with Crippen LogP contribution in [0.1, 0.15) is 25.5 Å². The summed E-state index contributed by atoms with van der Waals surface area (Å²) in [5.41, 5.74) is 10.6. The van der Waals surface area contributed by atoms with E-state index in [2.05, 4.69) is 16.1 Å². The normalized spacial score (nSPS) is 17.8. The van der Waals surface area contributed by atoms with Crippen molar-refractivity contribution < 1.29 is 4.74 Å². The van der Waals surface area contributed by atoms with Crippen LogP contribution < -0.4 is 5.73 Å². The van der Waals surface area contributed by atoms with Gasteiger partial charge in [-0.1, -0.05) is 18.2 Å². The zero-order valence-electron chi connectivity index (χ0n) is 13.4. The molecule has 0 amide bonds. The predicted octanol–water partition coefficient (Wildman–Crippen LogP) is 3.89. The lowest BCUT2D eigenvalue weighted by molar-refractivity contribution is -0.0394. The van der Waals surface area contributed by atoms with E-state index in [4.69, 9.17) is 10.5 Å². The molecule has 1 atom stereocenters. The van der Waals surface area contributed by atoms with Crippen LogP contribution in [-0.4, -0.2) is 21.4 Å². The maximum Gasteiger partial charge on any atom is 0.150 e. The van der Waals surface area contributed by atoms with E-state index in [1.54, 1.807) is 0 Å². The molecule has 1 saturated heterocycles. The van der Waals surface area contributed by atoms with Crippen LogP contribution in [0.4, 0.5) is 5.69 Å². The summed E-state index contributed by atoms with van der Waals surface area (Å²) >= 11 is 0. The van der Waals surface area contributed by atoms with Gasteiger partial charge in [0.05, 0.1) is 11.9 Å². The second-order valence-electron chi connectivity index (χ2n) is 6.08. The lowest BCUT2D eigenvalue weighted by Gasteiger charge is -2.22. The molecule has 0 aliphatic carbocycles. The Hall–Kier alpha value is -2.66. The van der Waals surface area contributed by atoms with E-state index in [0.29, 0.717) is 0 Å². The Bertz CT molecular complexity index is 802. The highest BCUT2D eigenvalue weighted by atomic mass is 16.5. The summed E-state index contributed by atoms with van der Waals surface area (Å²) in [6, 6.07) is 11.9. The highest BCUT2D eigenvalue weighted by molar-refractivity contribution is 5.67. The summed E-state index contributed by atoms with van der Waals surface area (Å²) in [5, 5.41) is 4.44. The average molecular weight is 320 g/mol. The molecule has 4 rings (SSSR count). The summed E-state index contributed by atoms with van der Waals surface area (Å²) < 4.78 is 7.68. The van der Waals surface area contributed by atoms with Gasteiger partial charge in [-0.05, 0) is 43.0 Å². The summed E-state index contributed by atoms with van der Waals surface area (Å²) in [4.78, 5) is 4.58. The third-order valence-corrected chi connectivity index (χ3v) is 4.36. The van der Waals surface area contributed by atoms with Gasteiger partial charge in [-0.3, -0.25) is 4.98 Å². The minimum atomic E-state index is 0.0570. The second-order valence-corrected chi connectivity index (χ2v) is 6.08. The fourth-order valence-corrected chi connectivity index (χ4v) is 2.97. The highest BCUT2D eigenvalue weighted by Gasteiger charge is 2.17. The van der Waals surface area contributed by atoms with E-state index in [-0.39, 0.29) is 6.23 Å². The Morgan fingerprint density at radius 2 is 1.79 bits per heavy atom. The van der Waals surface area contributed by atoms with E-state index >= 15 is 0 Å². The van der Waals surface area contributed by atoms with Crippen molar-refractivity contribution >= 4 is 5.69 Å². The van der Waals surface area contributed by atoms with Gasteiger partial charge in [-0.25, -0.2) is 4.68 Å². The summed E-state index contributed by atoms with van der Waals surface area (Å²) in [6.45, 7) is 0.814. The minimum Gasteiger partial charge on any atom is -0.399 e. The smallest absolute Gasteiger partial charge is 0.150 e. The summed E-state index contributed by atoms with van der Waals surface area (Å²) in [7, 11) is 0. The van der Waals surface area contributed by atoms with E-state index in [0.717, 1.165) is 47.5 Å². The van der Waals surface area contributed by atoms with E-state index in [9.17, 15) is 0 Å². The van der Waals surface area contributed by atoms with Gasteiger partial charge in [0.15, 0.2) is 0 Å². The Balaban J connectivity index is 1.54. The van der Waals surface area contributed by atoms with Crippen molar-refractivity contribution in [1.29, 1.82) is 0 Å². The van der Waals surface area contributed by atoms with Crippen molar-refractivity contribution in [3.05, 3.63) is 55.0 Å². The van der Waals surface area contributed by atoms with Gasteiger partial charge < -0.3 is 10.5 Å². The first kappa shape index (κ1) is 14.9. The molecule has 2 N–H and O–H groups in total. The van der Waals surface area contributed by atoms with Crippen LogP contribution in [0.3, 0.4) is 0 Å². The number of nitrogen functional groups attached to an aromatic ring is 1. The molecule has 0 spiro atoms. The third-order valence-electron chi connectivity index (χ3n) is 4.36. The molecule has 5 nitrogen and oxygen atoms in total. The van der Waals surface area contributed by atoms with Gasteiger partial charge in [-0.2, -0.15) is 5.10 Å². The van der Waals surface area contributed by atoms with Gasteiger partial charge in [-0.15, -0.1) is 0 Å². The molecule has 122 valence electrons. The predicted molar refractivity (Wildman–Crippen MR) is 94.1 cm³/mol. The van der Waals surface area contributed by atoms with Gasteiger partial charge in [0.2, 0.25) is 0 Å². The molecule has 1 aliphatic rings. The van der Waals surface area contributed by atoms with Crippen molar-refractivity contribution in [3.8, 4) is 22.4 Å². The number of rotatable bonds is 3. The molecular weight excluding hydrogens is 300 g/mol. The van der Waals surface area contributed by atoms with Crippen LogP contribution in [0.2, 0.25) is 0 Å². The lowest BCUT2D eigenvalue weighted by Crippen LogP contribution is -2.18. The van der Waals surface area contributed by atoms with Crippen LogP contribution in [0.15, 0.2) is 55.0 Å².